The van der Waals surface area contributed by atoms with Crippen molar-refractivity contribution in [3.8, 4) is 0 Å². The van der Waals surface area contributed by atoms with Crippen molar-refractivity contribution in [1.29, 1.82) is 0 Å². The normalized spacial score (nSPS) is 43.7. The van der Waals surface area contributed by atoms with Gasteiger partial charge in [0.05, 0.1) is 42.0 Å². The number of ether oxygens (including phenoxy) is 5. The highest BCUT2D eigenvalue weighted by Crippen LogP contribution is 2.75. The Morgan fingerprint density at radius 3 is 2.54 bits per heavy atom. The maximum Gasteiger partial charge on any atom is 0.331 e. The zero-order valence-corrected chi connectivity index (χ0v) is 23.0. The van der Waals surface area contributed by atoms with Gasteiger partial charge in [0.25, 0.3) is 0 Å². The van der Waals surface area contributed by atoms with Crippen molar-refractivity contribution in [2.24, 2.45) is 10.8 Å². The van der Waals surface area contributed by atoms with Crippen molar-refractivity contribution in [1.82, 2.24) is 0 Å². The van der Waals surface area contributed by atoms with Crippen LogP contribution in [0, 0.1) is 10.8 Å². The van der Waals surface area contributed by atoms with E-state index in [0.717, 1.165) is 12.0 Å². The molecule has 0 aromatic carbocycles. The topological polar surface area (TPSA) is 148 Å². The van der Waals surface area contributed by atoms with Crippen LogP contribution in [0.2, 0.25) is 0 Å². The van der Waals surface area contributed by atoms with Crippen molar-refractivity contribution in [3.63, 3.8) is 0 Å². The number of carbonyl (C=O) groups is 2. The maximum atomic E-state index is 12.9. The molecule has 5 aliphatic rings. The van der Waals surface area contributed by atoms with Gasteiger partial charge in [-0.05, 0) is 40.0 Å². The summed E-state index contributed by atoms with van der Waals surface area (Å²) in [6, 6.07) is 0. The Morgan fingerprint density at radius 2 is 1.87 bits per heavy atom. The van der Waals surface area contributed by atoms with Crippen LogP contribution in [-0.4, -0.2) is 94.9 Å². The van der Waals surface area contributed by atoms with Gasteiger partial charge in [0, 0.05) is 30.6 Å². The Bertz CT molecular complexity index is 1080. The molecule has 10 heteroatoms. The van der Waals surface area contributed by atoms with Gasteiger partial charge in [-0.25, -0.2) is 9.59 Å². The quantitative estimate of drug-likeness (QED) is 0.159. The van der Waals surface area contributed by atoms with Gasteiger partial charge < -0.3 is 39.0 Å². The molecule has 216 valence electrons. The molecule has 3 N–H and O–H groups in total. The molecule has 1 spiro atoms. The fourth-order valence-electron chi connectivity index (χ4n) is 7.19. The Kier molecular flexibility index (Phi) is 7.35. The minimum atomic E-state index is -1.04. The molecule has 39 heavy (non-hydrogen) atoms. The highest BCUT2D eigenvalue weighted by Gasteiger charge is 2.86. The Morgan fingerprint density at radius 1 is 1.13 bits per heavy atom. The summed E-state index contributed by atoms with van der Waals surface area (Å²) in [7, 11) is 0. The van der Waals surface area contributed by atoms with Crippen LogP contribution in [0.1, 0.15) is 53.4 Å². The van der Waals surface area contributed by atoms with Crippen LogP contribution in [0.25, 0.3) is 0 Å². The fourth-order valence-corrected chi connectivity index (χ4v) is 7.19. The van der Waals surface area contributed by atoms with E-state index in [1.54, 1.807) is 6.92 Å². The molecule has 0 aromatic rings. The molecule has 3 aliphatic heterocycles. The van der Waals surface area contributed by atoms with Crippen molar-refractivity contribution < 1.29 is 48.6 Å². The summed E-state index contributed by atoms with van der Waals surface area (Å²) in [5, 5.41) is 28.3. The summed E-state index contributed by atoms with van der Waals surface area (Å²) >= 11 is 0. The van der Waals surface area contributed by atoms with E-state index in [1.165, 1.54) is 37.3 Å². The first-order chi connectivity index (χ1) is 18.4. The van der Waals surface area contributed by atoms with Crippen LogP contribution in [0.3, 0.4) is 0 Å². The average molecular weight is 549 g/mol. The summed E-state index contributed by atoms with van der Waals surface area (Å²) < 4.78 is 30.9. The molecular weight excluding hydrogens is 508 g/mol. The number of carbonyl (C=O) groups excluding carboxylic acids is 2. The van der Waals surface area contributed by atoms with Gasteiger partial charge in [0.15, 0.2) is 0 Å². The van der Waals surface area contributed by atoms with E-state index in [9.17, 15) is 24.9 Å². The smallest absolute Gasteiger partial charge is 0.331 e. The van der Waals surface area contributed by atoms with Gasteiger partial charge in [-0.15, -0.1) is 0 Å². The molecular formula is C29H40O10. The van der Waals surface area contributed by atoms with Crippen LogP contribution in [-0.2, 0) is 33.3 Å². The largest absolute Gasteiger partial charge is 0.462 e. The van der Waals surface area contributed by atoms with E-state index in [0.29, 0.717) is 25.9 Å². The van der Waals surface area contributed by atoms with Crippen LogP contribution in [0.4, 0.5) is 0 Å². The van der Waals surface area contributed by atoms with Crippen LogP contribution in [0.5, 0.6) is 0 Å². The predicted molar refractivity (Wildman–Crippen MR) is 137 cm³/mol. The van der Waals surface area contributed by atoms with Gasteiger partial charge >= 0.3 is 11.9 Å². The number of rotatable bonds is 10. The molecule has 0 aromatic heterocycles. The van der Waals surface area contributed by atoms with Crippen LogP contribution in [0.15, 0.2) is 36.0 Å². The standard InChI is InChI=1S/C29H40O10/c1-17(9-12-30)13-23(34)35-15-28-11-10-26(3)24(39-26)25(28)38-21-14-20(27(28,4)29(21)16-36-29)37-22(33)8-6-5-7-19(32)18(2)31/h5-8,13,18-21,24-25,30-32H,9-12,14-16H2,1-4H3/b7-5+,8-6-,17-13+/t18-,19+,20+,21+,24-,25+,26+,27+,28+,29-/m0/s1. The fraction of sp³-hybridized carbons (Fsp3) is 0.724. The first-order valence-corrected chi connectivity index (χ1v) is 13.8. The Hall–Kier alpha value is -2.08. The third kappa shape index (κ3) is 4.59. The van der Waals surface area contributed by atoms with Gasteiger partial charge in [0.2, 0.25) is 0 Å². The summed E-state index contributed by atoms with van der Waals surface area (Å²) in [5.74, 6) is -1.04. The monoisotopic (exact) mass is 548 g/mol. The number of allylic oxidation sites excluding steroid dienone is 2. The third-order valence-corrected chi connectivity index (χ3v) is 9.85. The van der Waals surface area contributed by atoms with Gasteiger partial charge in [-0.2, -0.15) is 0 Å². The highest BCUT2D eigenvalue weighted by molar-refractivity contribution is 5.83. The Balaban J connectivity index is 1.40. The molecule has 2 aliphatic carbocycles. The molecule has 3 saturated heterocycles. The van der Waals surface area contributed by atoms with Crippen molar-refractivity contribution in [3.05, 3.63) is 36.0 Å². The lowest BCUT2D eigenvalue weighted by atomic mass is 9.50. The molecule has 5 rings (SSSR count). The van der Waals surface area contributed by atoms with Gasteiger partial charge in [-0.1, -0.05) is 30.7 Å². The molecule has 0 amide bonds. The number of hydrogen-bond acceptors (Lipinski definition) is 10. The van der Waals surface area contributed by atoms with E-state index in [4.69, 9.17) is 23.7 Å². The number of hydrogen-bond donors (Lipinski definition) is 3. The average Bonchev–Trinajstić information content (AvgIpc) is 3.78. The van der Waals surface area contributed by atoms with Crippen molar-refractivity contribution in [2.45, 2.75) is 101 Å². The first kappa shape index (κ1) is 28.4. The summed E-state index contributed by atoms with van der Waals surface area (Å²) in [6.45, 7) is 7.87. The molecule has 2 saturated carbocycles. The second kappa shape index (κ2) is 10.1. The number of aliphatic hydroxyl groups is 3. The van der Waals surface area contributed by atoms with Crippen molar-refractivity contribution >= 4 is 11.9 Å². The first-order valence-electron chi connectivity index (χ1n) is 13.8. The second-order valence-corrected chi connectivity index (χ2v) is 12.1. The number of esters is 2. The summed E-state index contributed by atoms with van der Waals surface area (Å²) in [6.07, 6.45) is 5.97. The van der Waals surface area contributed by atoms with Crippen LogP contribution < -0.4 is 0 Å². The lowest BCUT2D eigenvalue weighted by Gasteiger charge is -2.58. The zero-order chi connectivity index (χ0) is 28.2. The molecule has 10 nitrogen and oxygen atoms in total. The van der Waals surface area contributed by atoms with E-state index in [1.807, 2.05) is 0 Å². The second-order valence-electron chi connectivity index (χ2n) is 12.1. The van der Waals surface area contributed by atoms with Gasteiger partial charge in [0.1, 0.15) is 24.4 Å². The molecule has 0 radical (unpaired) electrons. The predicted octanol–water partition coefficient (Wildman–Crippen LogP) is 1.51. The lowest BCUT2D eigenvalue weighted by molar-refractivity contribution is -0.250. The number of epoxide rings is 2. The number of fused-ring (bicyclic) bond motifs is 4. The molecule has 2 bridgehead atoms. The molecule has 0 unspecified atom stereocenters. The Labute approximate surface area is 228 Å². The SMILES string of the molecule is C/C(=C\C(=O)OC[C@]12CC[C@@]3(C)O[C@H]3[C@H]1O[C@@H]1C[C@@H](OC(=O)/C=C\C=C\[C@@H](O)[C@H](C)O)[C@@]2(C)[C@]12CO2)CCO. The van der Waals surface area contributed by atoms with Crippen LogP contribution >= 0.6 is 0 Å². The number of aliphatic hydroxyl groups excluding tert-OH is 3. The van der Waals surface area contributed by atoms with E-state index >= 15 is 0 Å². The third-order valence-electron chi connectivity index (χ3n) is 9.85. The maximum absolute atomic E-state index is 12.9. The van der Waals surface area contributed by atoms with E-state index in [-0.39, 0.29) is 37.1 Å². The minimum Gasteiger partial charge on any atom is -0.462 e. The molecule has 10 atom stereocenters. The van der Waals surface area contributed by atoms with E-state index < -0.39 is 46.7 Å². The molecule has 3 heterocycles. The highest BCUT2D eigenvalue weighted by atomic mass is 16.7. The summed E-state index contributed by atoms with van der Waals surface area (Å²) in [4.78, 5) is 25.7. The van der Waals surface area contributed by atoms with Crippen molar-refractivity contribution in [2.75, 3.05) is 19.8 Å². The zero-order valence-electron chi connectivity index (χ0n) is 23.0. The molecule has 5 fully saturated rings. The van der Waals surface area contributed by atoms with E-state index in [2.05, 4.69) is 13.8 Å². The minimum absolute atomic E-state index is 0.0508. The lowest BCUT2D eigenvalue weighted by Crippen LogP contribution is -2.69. The van der Waals surface area contributed by atoms with Gasteiger partial charge in [-0.3, -0.25) is 0 Å². The summed E-state index contributed by atoms with van der Waals surface area (Å²) in [5.41, 5.74) is -1.61.